The summed E-state index contributed by atoms with van der Waals surface area (Å²) in [6, 6.07) is 9.88. The highest BCUT2D eigenvalue weighted by atomic mass is 79.9. The van der Waals surface area contributed by atoms with Gasteiger partial charge in [-0.1, -0.05) is 43.2 Å². The highest BCUT2D eigenvalue weighted by Crippen LogP contribution is 2.33. The lowest BCUT2D eigenvalue weighted by atomic mass is 10.1. The van der Waals surface area contributed by atoms with E-state index >= 15 is 0 Å². The Labute approximate surface area is 174 Å². The van der Waals surface area contributed by atoms with Crippen LogP contribution >= 0.6 is 15.9 Å². The highest BCUT2D eigenvalue weighted by molar-refractivity contribution is 9.10. The van der Waals surface area contributed by atoms with Crippen LogP contribution in [-0.2, 0) is 11.8 Å². The molecule has 150 valence electrons. The molecular weight excluding hydrogens is 420 g/mol. The zero-order valence-corrected chi connectivity index (χ0v) is 17.8. The summed E-state index contributed by atoms with van der Waals surface area (Å²) >= 11 is 3.53. The summed E-state index contributed by atoms with van der Waals surface area (Å²) in [6.07, 6.45) is 5.23. The monoisotopic (exact) mass is 446 g/mol. The van der Waals surface area contributed by atoms with Crippen LogP contribution in [0.15, 0.2) is 34.9 Å². The van der Waals surface area contributed by atoms with Crippen LogP contribution in [-0.4, -0.2) is 62.6 Å². The number of aromatic nitrogens is 2. The van der Waals surface area contributed by atoms with E-state index in [0.29, 0.717) is 16.3 Å². The molecule has 1 unspecified atom stereocenters. The number of carboxylic acid groups (broad SMARTS) is 1. The maximum Gasteiger partial charge on any atom is 0.327 e. The molecule has 0 radical (unpaired) electrons. The third-order valence-corrected chi connectivity index (χ3v) is 6.76. The van der Waals surface area contributed by atoms with Gasteiger partial charge in [-0.2, -0.15) is 0 Å². The van der Waals surface area contributed by atoms with E-state index < -0.39 is 12.0 Å². The quantitative estimate of drug-likeness (QED) is 0.760. The van der Waals surface area contributed by atoms with Gasteiger partial charge in [0.05, 0.1) is 5.69 Å². The first kappa shape index (κ1) is 19.6. The van der Waals surface area contributed by atoms with Crippen LogP contribution in [0.25, 0.3) is 11.4 Å². The lowest BCUT2D eigenvalue weighted by Gasteiger charge is -2.40. The number of halogens is 1. The van der Waals surface area contributed by atoms with Gasteiger partial charge in [-0.15, -0.1) is 0 Å². The highest BCUT2D eigenvalue weighted by Gasteiger charge is 2.36. The summed E-state index contributed by atoms with van der Waals surface area (Å²) in [5.41, 5.74) is 1.69. The van der Waals surface area contributed by atoms with Gasteiger partial charge in [0.15, 0.2) is 6.04 Å². The van der Waals surface area contributed by atoms with Crippen molar-refractivity contribution in [1.82, 2.24) is 19.4 Å². The lowest BCUT2D eigenvalue weighted by molar-refractivity contribution is -0.144. The Bertz CT molecular complexity index is 824. The molecule has 1 aromatic carbocycles. The molecule has 2 fully saturated rings. The number of benzene rings is 1. The second-order valence-electron chi connectivity index (χ2n) is 7.79. The van der Waals surface area contributed by atoms with Gasteiger partial charge in [-0.05, 0) is 28.8 Å². The van der Waals surface area contributed by atoms with Gasteiger partial charge in [-0.3, -0.25) is 14.6 Å². The molecule has 1 saturated heterocycles. The molecule has 1 atom stereocenters. The lowest BCUT2D eigenvalue weighted by Crippen LogP contribution is -2.52. The van der Waals surface area contributed by atoms with E-state index in [1.807, 2.05) is 41.9 Å². The maximum atomic E-state index is 12.3. The molecule has 0 amide bonds. The summed E-state index contributed by atoms with van der Waals surface area (Å²) in [7, 11) is 1.90. The van der Waals surface area contributed by atoms with Gasteiger partial charge in [0.1, 0.15) is 10.4 Å². The van der Waals surface area contributed by atoms with Crippen molar-refractivity contribution >= 4 is 21.9 Å². The summed E-state index contributed by atoms with van der Waals surface area (Å²) in [5.74, 6) is -0.0454. The van der Waals surface area contributed by atoms with Crippen molar-refractivity contribution < 1.29 is 9.90 Å². The first-order chi connectivity index (χ1) is 13.6. The molecule has 2 aromatic rings. The topological polar surface area (TPSA) is 61.6 Å². The van der Waals surface area contributed by atoms with Gasteiger partial charge < -0.3 is 9.67 Å². The van der Waals surface area contributed by atoms with Gasteiger partial charge in [0.2, 0.25) is 0 Å². The van der Waals surface area contributed by atoms with Crippen LogP contribution < -0.4 is 0 Å². The minimum Gasteiger partial charge on any atom is -0.480 e. The molecular formula is C21H27BrN4O2. The number of nitrogens with zero attached hydrogens (tertiary/aromatic N) is 4. The Morgan fingerprint density at radius 1 is 1.14 bits per heavy atom. The molecule has 2 heterocycles. The van der Waals surface area contributed by atoms with Crippen molar-refractivity contribution in [1.29, 1.82) is 0 Å². The molecule has 28 heavy (non-hydrogen) atoms. The molecule has 0 spiro atoms. The number of carbonyl (C=O) groups is 1. The number of imidazole rings is 1. The third kappa shape index (κ3) is 3.75. The van der Waals surface area contributed by atoms with E-state index in [2.05, 4.69) is 30.7 Å². The number of hydrogen-bond donors (Lipinski definition) is 1. The van der Waals surface area contributed by atoms with Crippen molar-refractivity contribution in [3.05, 3.63) is 40.6 Å². The molecule has 7 heteroatoms. The van der Waals surface area contributed by atoms with Crippen LogP contribution in [0.2, 0.25) is 0 Å². The van der Waals surface area contributed by atoms with Crippen LogP contribution in [0.1, 0.15) is 37.4 Å². The fourth-order valence-electron chi connectivity index (χ4n) is 4.70. The standard InChI is InChI=1S/C21H27BrN4O2/c1-24-17(19(22)23-20(24)15-7-3-2-4-8-15)18(21(27)28)26-13-11-25(12-14-26)16-9-5-6-10-16/h2-4,7-8,16,18H,5-6,9-14H2,1H3,(H,27,28). The van der Waals surface area contributed by atoms with Crippen LogP contribution in [0.4, 0.5) is 0 Å². The fourth-order valence-corrected chi connectivity index (χ4v) is 5.35. The van der Waals surface area contributed by atoms with Crippen molar-refractivity contribution in [2.24, 2.45) is 7.05 Å². The molecule has 6 nitrogen and oxygen atoms in total. The zero-order chi connectivity index (χ0) is 19.7. The minimum atomic E-state index is -0.822. The number of hydrogen-bond acceptors (Lipinski definition) is 4. The summed E-state index contributed by atoms with van der Waals surface area (Å²) in [5, 5.41) is 10.1. The molecule has 1 aromatic heterocycles. The Morgan fingerprint density at radius 2 is 1.79 bits per heavy atom. The van der Waals surface area contributed by atoms with E-state index in [9.17, 15) is 9.90 Å². The molecule has 2 aliphatic rings. The van der Waals surface area contributed by atoms with Crippen molar-refractivity contribution in [2.75, 3.05) is 26.2 Å². The second-order valence-corrected chi connectivity index (χ2v) is 8.54. The van der Waals surface area contributed by atoms with E-state index in [0.717, 1.165) is 37.6 Å². The number of aliphatic carboxylic acids is 1. The predicted octanol–water partition coefficient (Wildman–Crippen LogP) is 3.54. The maximum absolute atomic E-state index is 12.3. The molecule has 4 rings (SSSR count). The largest absolute Gasteiger partial charge is 0.480 e. The first-order valence-corrected chi connectivity index (χ1v) is 10.8. The molecule has 1 aliphatic heterocycles. The third-order valence-electron chi connectivity index (χ3n) is 6.17. The number of carboxylic acids is 1. The van der Waals surface area contributed by atoms with E-state index in [1.54, 1.807) is 0 Å². The van der Waals surface area contributed by atoms with Gasteiger partial charge in [0.25, 0.3) is 0 Å². The SMILES string of the molecule is Cn1c(-c2ccccc2)nc(Br)c1C(C(=O)O)N1CCN(C2CCCC2)CC1. The normalized spacial score (nSPS) is 20.5. The van der Waals surface area contributed by atoms with Gasteiger partial charge in [0, 0.05) is 44.8 Å². The Hall–Kier alpha value is -1.70. The average Bonchev–Trinajstić information content (AvgIpc) is 3.33. The Kier molecular flexibility index (Phi) is 5.85. The molecule has 1 saturated carbocycles. The molecule has 1 aliphatic carbocycles. The number of piperazine rings is 1. The first-order valence-electron chi connectivity index (χ1n) is 10.0. The Balaban J connectivity index is 1.57. The minimum absolute atomic E-state index is 0.611. The second kappa shape index (κ2) is 8.35. The van der Waals surface area contributed by atoms with E-state index in [-0.39, 0.29) is 0 Å². The average molecular weight is 447 g/mol. The van der Waals surface area contributed by atoms with Gasteiger partial charge >= 0.3 is 5.97 Å². The zero-order valence-electron chi connectivity index (χ0n) is 16.2. The number of rotatable bonds is 5. The van der Waals surface area contributed by atoms with E-state index in [4.69, 9.17) is 0 Å². The summed E-state index contributed by atoms with van der Waals surface area (Å²) in [4.78, 5) is 21.5. The van der Waals surface area contributed by atoms with Crippen LogP contribution in [0.3, 0.4) is 0 Å². The fraction of sp³-hybridized carbons (Fsp3) is 0.524. The Morgan fingerprint density at radius 3 is 2.39 bits per heavy atom. The molecule has 1 N–H and O–H groups in total. The van der Waals surface area contributed by atoms with Crippen LogP contribution in [0, 0.1) is 0 Å². The molecule has 0 bridgehead atoms. The van der Waals surface area contributed by atoms with Gasteiger partial charge in [-0.25, -0.2) is 4.98 Å². The van der Waals surface area contributed by atoms with Crippen molar-refractivity contribution in [3.8, 4) is 11.4 Å². The van der Waals surface area contributed by atoms with Crippen LogP contribution in [0.5, 0.6) is 0 Å². The van der Waals surface area contributed by atoms with Crippen molar-refractivity contribution in [2.45, 2.75) is 37.8 Å². The summed E-state index contributed by atoms with van der Waals surface area (Å²) in [6.45, 7) is 3.42. The summed E-state index contributed by atoms with van der Waals surface area (Å²) < 4.78 is 2.53. The van der Waals surface area contributed by atoms with E-state index in [1.165, 1.54) is 25.7 Å². The smallest absolute Gasteiger partial charge is 0.327 e. The van der Waals surface area contributed by atoms with Crippen molar-refractivity contribution in [3.63, 3.8) is 0 Å². The predicted molar refractivity (Wildman–Crippen MR) is 112 cm³/mol.